The van der Waals surface area contributed by atoms with Gasteiger partial charge in [-0.3, -0.25) is 0 Å². The van der Waals surface area contributed by atoms with Crippen LogP contribution in [0.4, 0.5) is 0 Å². The van der Waals surface area contributed by atoms with Crippen molar-refractivity contribution in [1.82, 2.24) is 4.98 Å². The Labute approximate surface area is 52.7 Å². The Kier molecular flexibility index (Phi) is 1.44. The van der Waals surface area contributed by atoms with Gasteiger partial charge in [-0.15, -0.1) is 0 Å². The van der Waals surface area contributed by atoms with Crippen LogP contribution in [0.2, 0.25) is 5.15 Å². The molecular weight excluding hydrogens is 124 g/mol. The first-order valence-electron chi connectivity index (χ1n) is 2.26. The van der Waals surface area contributed by atoms with Crippen LogP contribution >= 0.6 is 11.6 Å². The lowest BCUT2D eigenvalue weighted by atomic mass is 10.7. The third-order valence-corrected chi connectivity index (χ3v) is 1.01. The SMILES string of the molecule is C[n+]1ccnc(Cl)c1. The highest BCUT2D eigenvalue weighted by Gasteiger charge is 1.91. The minimum absolute atomic E-state index is 0.523. The first-order valence-corrected chi connectivity index (χ1v) is 2.63. The lowest BCUT2D eigenvalue weighted by molar-refractivity contribution is -0.671. The summed E-state index contributed by atoms with van der Waals surface area (Å²) in [5, 5.41) is 0.523. The normalized spacial score (nSPS) is 9.25. The van der Waals surface area contributed by atoms with Crippen molar-refractivity contribution in [3.63, 3.8) is 0 Å². The van der Waals surface area contributed by atoms with Gasteiger partial charge in [-0.25, -0.2) is 9.55 Å². The zero-order valence-corrected chi connectivity index (χ0v) is 5.26. The second kappa shape index (κ2) is 2.09. The Morgan fingerprint density at radius 1 is 1.75 bits per heavy atom. The molecule has 0 N–H and O–H groups in total. The highest BCUT2D eigenvalue weighted by molar-refractivity contribution is 6.29. The van der Waals surface area contributed by atoms with Gasteiger partial charge in [0.25, 0.3) is 0 Å². The molecule has 0 aliphatic heterocycles. The molecule has 0 bridgehead atoms. The summed E-state index contributed by atoms with van der Waals surface area (Å²) in [7, 11) is 1.90. The van der Waals surface area contributed by atoms with Crippen LogP contribution in [0.5, 0.6) is 0 Å². The zero-order chi connectivity index (χ0) is 5.98. The largest absolute Gasteiger partial charge is 0.233 e. The first kappa shape index (κ1) is 5.51. The van der Waals surface area contributed by atoms with Gasteiger partial charge in [0, 0.05) is 0 Å². The van der Waals surface area contributed by atoms with E-state index in [1.165, 1.54) is 0 Å². The number of nitrogens with zero attached hydrogens (tertiary/aromatic N) is 2. The average molecular weight is 130 g/mol. The van der Waals surface area contributed by atoms with E-state index >= 15 is 0 Å². The van der Waals surface area contributed by atoms with E-state index < -0.39 is 0 Å². The Hall–Kier alpha value is -0.630. The standard InChI is InChI=1S/C5H6ClN2/c1-8-3-2-7-5(6)4-8/h2-4H,1H3/q+1. The maximum Gasteiger partial charge on any atom is 0.206 e. The molecule has 0 aliphatic rings. The molecule has 0 radical (unpaired) electrons. The van der Waals surface area contributed by atoms with Crippen molar-refractivity contribution in [2.75, 3.05) is 0 Å². The van der Waals surface area contributed by atoms with E-state index in [0.717, 1.165) is 0 Å². The molecule has 2 nitrogen and oxygen atoms in total. The third-order valence-electron chi connectivity index (χ3n) is 0.810. The van der Waals surface area contributed by atoms with Crippen molar-refractivity contribution in [2.45, 2.75) is 0 Å². The van der Waals surface area contributed by atoms with Gasteiger partial charge < -0.3 is 0 Å². The zero-order valence-electron chi connectivity index (χ0n) is 4.50. The van der Waals surface area contributed by atoms with Crippen molar-refractivity contribution in [1.29, 1.82) is 0 Å². The maximum atomic E-state index is 5.51. The van der Waals surface area contributed by atoms with E-state index in [9.17, 15) is 0 Å². The van der Waals surface area contributed by atoms with Crippen LogP contribution in [0.25, 0.3) is 0 Å². The molecule has 0 saturated carbocycles. The topological polar surface area (TPSA) is 16.8 Å². The molecule has 0 unspecified atom stereocenters. The van der Waals surface area contributed by atoms with E-state index in [1.54, 1.807) is 12.4 Å². The summed E-state index contributed by atoms with van der Waals surface area (Å²) in [4.78, 5) is 3.78. The molecule has 42 valence electrons. The smallest absolute Gasteiger partial charge is 0.206 e. The summed E-state index contributed by atoms with van der Waals surface area (Å²) in [5.41, 5.74) is 0. The number of rotatable bonds is 0. The highest BCUT2D eigenvalue weighted by atomic mass is 35.5. The van der Waals surface area contributed by atoms with Gasteiger partial charge in [-0.05, 0) is 0 Å². The summed E-state index contributed by atoms with van der Waals surface area (Å²) in [6.45, 7) is 0. The monoisotopic (exact) mass is 129 g/mol. The first-order chi connectivity index (χ1) is 3.79. The van der Waals surface area contributed by atoms with Gasteiger partial charge in [-0.1, -0.05) is 11.6 Å². The van der Waals surface area contributed by atoms with Crippen molar-refractivity contribution in [3.8, 4) is 0 Å². The number of aryl methyl sites for hydroxylation is 1. The molecule has 1 aromatic rings. The van der Waals surface area contributed by atoms with E-state index in [-0.39, 0.29) is 0 Å². The van der Waals surface area contributed by atoms with Gasteiger partial charge >= 0.3 is 0 Å². The molecule has 0 saturated heterocycles. The lowest BCUT2D eigenvalue weighted by Crippen LogP contribution is -2.26. The summed E-state index contributed by atoms with van der Waals surface area (Å²) in [6, 6.07) is 0. The molecule has 0 spiro atoms. The van der Waals surface area contributed by atoms with E-state index in [0.29, 0.717) is 5.15 Å². The van der Waals surface area contributed by atoms with Crippen LogP contribution in [0.1, 0.15) is 0 Å². The molecule has 0 fully saturated rings. The predicted molar refractivity (Wildman–Crippen MR) is 30.4 cm³/mol. The number of hydrogen-bond donors (Lipinski definition) is 0. The van der Waals surface area contributed by atoms with Crippen LogP contribution in [0, 0.1) is 0 Å². The summed E-state index contributed by atoms with van der Waals surface area (Å²) in [6.07, 6.45) is 5.22. The molecule has 0 aromatic carbocycles. The Morgan fingerprint density at radius 2 is 2.50 bits per heavy atom. The number of halogens is 1. The van der Waals surface area contributed by atoms with Crippen molar-refractivity contribution >= 4 is 11.6 Å². The van der Waals surface area contributed by atoms with Crippen molar-refractivity contribution in [2.24, 2.45) is 7.05 Å². The van der Waals surface area contributed by atoms with Gasteiger partial charge in [0.05, 0.1) is 6.20 Å². The molecule has 3 heteroatoms. The lowest BCUT2D eigenvalue weighted by Gasteiger charge is -1.82. The fourth-order valence-corrected chi connectivity index (χ4v) is 0.664. The minimum atomic E-state index is 0.523. The summed E-state index contributed by atoms with van der Waals surface area (Å²) < 4.78 is 1.84. The van der Waals surface area contributed by atoms with Gasteiger partial charge in [-0.2, -0.15) is 0 Å². The van der Waals surface area contributed by atoms with Gasteiger partial charge in [0.15, 0.2) is 11.3 Å². The van der Waals surface area contributed by atoms with Crippen LogP contribution in [-0.2, 0) is 7.05 Å². The highest BCUT2D eigenvalue weighted by Crippen LogP contribution is 1.94. The van der Waals surface area contributed by atoms with Crippen molar-refractivity contribution < 1.29 is 4.57 Å². The summed E-state index contributed by atoms with van der Waals surface area (Å²) >= 11 is 5.51. The van der Waals surface area contributed by atoms with Crippen molar-refractivity contribution in [3.05, 3.63) is 23.7 Å². The summed E-state index contributed by atoms with van der Waals surface area (Å²) in [5.74, 6) is 0. The Bertz CT molecular complexity index is 170. The average Bonchev–Trinajstić information content (AvgIpc) is 1.64. The molecular formula is C5H6ClN2+. The Morgan fingerprint density at radius 3 is 2.88 bits per heavy atom. The fourth-order valence-electron chi connectivity index (χ4n) is 0.454. The number of aromatic nitrogens is 2. The van der Waals surface area contributed by atoms with Crippen LogP contribution in [0.15, 0.2) is 18.6 Å². The Balaban J connectivity index is 3.08. The third kappa shape index (κ3) is 1.17. The van der Waals surface area contributed by atoms with E-state index in [2.05, 4.69) is 4.98 Å². The van der Waals surface area contributed by atoms with Crippen LogP contribution in [0.3, 0.4) is 0 Å². The van der Waals surface area contributed by atoms with Gasteiger partial charge in [0.2, 0.25) is 6.20 Å². The van der Waals surface area contributed by atoms with Crippen LogP contribution < -0.4 is 4.57 Å². The van der Waals surface area contributed by atoms with E-state index in [4.69, 9.17) is 11.6 Å². The quantitative estimate of drug-likeness (QED) is 0.468. The predicted octanol–water partition coefficient (Wildman–Crippen LogP) is 0.559. The minimum Gasteiger partial charge on any atom is -0.233 e. The van der Waals surface area contributed by atoms with Crippen LogP contribution in [-0.4, -0.2) is 4.98 Å². The molecule has 0 atom stereocenters. The van der Waals surface area contributed by atoms with Gasteiger partial charge in [0.1, 0.15) is 7.05 Å². The van der Waals surface area contributed by atoms with E-state index in [1.807, 2.05) is 17.8 Å². The molecule has 0 amide bonds. The maximum absolute atomic E-state index is 5.51. The molecule has 8 heavy (non-hydrogen) atoms. The number of hydrogen-bond acceptors (Lipinski definition) is 1. The fraction of sp³-hybridized carbons (Fsp3) is 0.200. The molecule has 0 aliphatic carbocycles. The second-order valence-electron chi connectivity index (χ2n) is 1.54. The molecule has 1 rings (SSSR count). The molecule has 1 aromatic heterocycles. The second-order valence-corrected chi connectivity index (χ2v) is 1.93. The molecule has 1 heterocycles.